The molecule has 192 valence electrons. The van der Waals surface area contributed by atoms with Crippen LogP contribution in [0.4, 0.5) is 15.8 Å². The molecule has 3 aromatic rings. The number of carbonyl (C=O) groups is 1. The molecule has 0 aromatic heterocycles. The van der Waals surface area contributed by atoms with Gasteiger partial charge in [0.1, 0.15) is 12.4 Å². The summed E-state index contributed by atoms with van der Waals surface area (Å²) in [5.74, 6) is 1.62. The molecular formula is C30H31FN2O3S. The SMILES string of the molecule is O=C(CN(c1ccc(F)cc1)S(=O)(=O)c1ccccc1)Nc1ccc(C23CC4CC(CC(C4)C2)C3)cc1. The quantitative estimate of drug-likeness (QED) is 0.409. The molecule has 0 saturated heterocycles. The van der Waals surface area contributed by atoms with Gasteiger partial charge in [-0.25, -0.2) is 12.8 Å². The van der Waals surface area contributed by atoms with Crippen LogP contribution in [-0.2, 0) is 20.2 Å². The number of amides is 1. The highest BCUT2D eigenvalue weighted by Crippen LogP contribution is 2.60. The van der Waals surface area contributed by atoms with Gasteiger partial charge in [-0.1, -0.05) is 30.3 Å². The largest absolute Gasteiger partial charge is 0.325 e. The van der Waals surface area contributed by atoms with Crippen LogP contribution in [0.3, 0.4) is 0 Å². The van der Waals surface area contributed by atoms with Crippen molar-refractivity contribution in [2.45, 2.75) is 48.8 Å². The number of rotatable bonds is 7. The molecule has 4 aliphatic rings. The Bertz CT molecular complexity index is 1350. The molecule has 4 fully saturated rings. The molecule has 0 heterocycles. The highest BCUT2D eigenvalue weighted by Gasteiger charge is 2.51. The van der Waals surface area contributed by atoms with E-state index in [4.69, 9.17) is 0 Å². The normalized spacial score (nSPS) is 26.1. The van der Waals surface area contributed by atoms with Gasteiger partial charge in [0.15, 0.2) is 0 Å². The fourth-order valence-electron chi connectivity index (χ4n) is 7.34. The van der Waals surface area contributed by atoms with Crippen LogP contribution in [-0.4, -0.2) is 20.9 Å². The molecule has 7 heteroatoms. The smallest absolute Gasteiger partial charge is 0.264 e. The van der Waals surface area contributed by atoms with Crippen LogP contribution in [0.15, 0.2) is 83.8 Å². The number of anilines is 2. The van der Waals surface area contributed by atoms with Crippen molar-refractivity contribution in [1.82, 2.24) is 0 Å². The molecule has 4 aliphatic carbocycles. The number of hydrogen-bond donors (Lipinski definition) is 1. The Hall–Kier alpha value is -3.19. The Kier molecular flexibility index (Phi) is 6.06. The van der Waals surface area contributed by atoms with Crippen LogP contribution in [0.1, 0.15) is 44.1 Å². The number of hydrogen-bond acceptors (Lipinski definition) is 3. The third kappa shape index (κ3) is 4.65. The minimum Gasteiger partial charge on any atom is -0.325 e. The molecule has 0 unspecified atom stereocenters. The number of carbonyl (C=O) groups excluding carboxylic acids is 1. The second-order valence-electron chi connectivity index (χ2n) is 11.1. The van der Waals surface area contributed by atoms with Crippen LogP contribution < -0.4 is 9.62 Å². The van der Waals surface area contributed by atoms with Crippen LogP contribution in [0, 0.1) is 23.6 Å². The lowest BCUT2D eigenvalue weighted by atomic mass is 9.48. The molecule has 1 N–H and O–H groups in total. The summed E-state index contributed by atoms with van der Waals surface area (Å²) in [5, 5.41) is 2.86. The number of nitrogens with one attached hydrogen (secondary N) is 1. The second-order valence-corrected chi connectivity index (χ2v) is 13.0. The summed E-state index contributed by atoms with van der Waals surface area (Å²) >= 11 is 0. The molecule has 0 spiro atoms. The predicted molar refractivity (Wildman–Crippen MR) is 142 cm³/mol. The standard InChI is InChI=1S/C30H31FN2O3S/c31-25-8-12-27(13-9-25)33(37(35,36)28-4-2-1-3-5-28)20-29(34)32-26-10-6-24(7-11-26)30-17-21-14-22(18-30)16-23(15-21)19-30/h1-13,21-23H,14-20H2,(H,32,34). The highest BCUT2D eigenvalue weighted by molar-refractivity contribution is 7.92. The average molecular weight is 519 g/mol. The Morgan fingerprint density at radius 2 is 1.41 bits per heavy atom. The monoisotopic (exact) mass is 518 g/mol. The minimum absolute atomic E-state index is 0.0621. The van der Waals surface area contributed by atoms with Gasteiger partial charge in [-0.2, -0.15) is 0 Å². The molecule has 7 rings (SSSR count). The number of sulfonamides is 1. The second kappa shape index (κ2) is 9.28. The molecule has 0 radical (unpaired) electrons. The first-order valence-corrected chi connectivity index (χ1v) is 14.5. The summed E-state index contributed by atoms with van der Waals surface area (Å²) < 4.78 is 41.4. The van der Waals surface area contributed by atoms with Gasteiger partial charge < -0.3 is 5.32 Å². The Labute approximate surface area is 217 Å². The molecule has 1 amide bonds. The van der Waals surface area contributed by atoms with Crippen molar-refractivity contribution in [2.24, 2.45) is 17.8 Å². The molecule has 4 bridgehead atoms. The Morgan fingerprint density at radius 3 is 1.97 bits per heavy atom. The van der Waals surface area contributed by atoms with Crippen LogP contribution in [0.2, 0.25) is 0 Å². The molecule has 3 aromatic carbocycles. The van der Waals surface area contributed by atoms with Crippen LogP contribution >= 0.6 is 0 Å². The maximum Gasteiger partial charge on any atom is 0.264 e. The summed E-state index contributed by atoms with van der Waals surface area (Å²) in [6.45, 7) is -0.431. The fraction of sp³-hybridized carbons (Fsp3) is 0.367. The van der Waals surface area contributed by atoms with Crippen molar-refractivity contribution in [3.63, 3.8) is 0 Å². The lowest BCUT2D eigenvalue weighted by Crippen LogP contribution is -2.48. The minimum atomic E-state index is -4.04. The van der Waals surface area contributed by atoms with Crippen molar-refractivity contribution in [2.75, 3.05) is 16.2 Å². The zero-order valence-corrected chi connectivity index (χ0v) is 21.5. The molecule has 0 atom stereocenters. The van der Waals surface area contributed by atoms with E-state index in [0.29, 0.717) is 5.69 Å². The van der Waals surface area contributed by atoms with Gasteiger partial charge in [0, 0.05) is 5.69 Å². The third-order valence-corrected chi connectivity index (χ3v) is 10.3. The lowest BCUT2D eigenvalue weighted by molar-refractivity contribution is -0.114. The van der Waals surface area contributed by atoms with Crippen molar-refractivity contribution in [1.29, 1.82) is 0 Å². The van der Waals surface area contributed by atoms with Gasteiger partial charge in [-0.3, -0.25) is 9.10 Å². The van der Waals surface area contributed by atoms with Crippen molar-refractivity contribution < 1.29 is 17.6 Å². The van der Waals surface area contributed by atoms with E-state index in [-0.39, 0.29) is 16.0 Å². The van der Waals surface area contributed by atoms with E-state index in [2.05, 4.69) is 17.4 Å². The third-order valence-electron chi connectivity index (χ3n) is 8.55. The van der Waals surface area contributed by atoms with E-state index in [1.54, 1.807) is 18.2 Å². The van der Waals surface area contributed by atoms with Gasteiger partial charge in [0.05, 0.1) is 10.6 Å². The average Bonchev–Trinajstić information content (AvgIpc) is 2.88. The summed E-state index contributed by atoms with van der Waals surface area (Å²) in [5.41, 5.74) is 2.50. The van der Waals surface area contributed by atoms with Gasteiger partial charge in [-0.05, 0) is 116 Å². The predicted octanol–water partition coefficient (Wildman–Crippen LogP) is 6.13. The fourth-order valence-corrected chi connectivity index (χ4v) is 8.79. The van der Waals surface area contributed by atoms with E-state index in [9.17, 15) is 17.6 Å². The van der Waals surface area contributed by atoms with Gasteiger partial charge in [-0.15, -0.1) is 0 Å². The van der Waals surface area contributed by atoms with Crippen molar-refractivity contribution >= 4 is 27.3 Å². The highest BCUT2D eigenvalue weighted by atomic mass is 32.2. The number of halogens is 1. The summed E-state index contributed by atoms with van der Waals surface area (Å²) in [7, 11) is -4.04. The summed E-state index contributed by atoms with van der Waals surface area (Å²) in [6.07, 6.45) is 8.00. The Balaban J connectivity index is 1.20. The summed E-state index contributed by atoms with van der Waals surface area (Å²) in [4.78, 5) is 13.1. The number of benzene rings is 3. The molecule has 0 aliphatic heterocycles. The van der Waals surface area contributed by atoms with Gasteiger partial charge in [0.2, 0.25) is 5.91 Å². The van der Waals surface area contributed by atoms with E-state index in [0.717, 1.165) is 22.1 Å². The number of nitrogens with zero attached hydrogens (tertiary/aromatic N) is 1. The van der Waals surface area contributed by atoms with E-state index in [1.807, 2.05) is 12.1 Å². The van der Waals surface area contributed by atoms with Crippen molar-refractivity contribution in [3.8, 4) is 0 Å². The van der Waals surface area contributed by atoms with Crippen LogP contribution in [0.5, 0.6) is 0 Å². The maximum absolute atomic E-state index is 13.5. The lowest BCUT2D eigenvalue weighted by Gasteiger charge is -2.57. The molecule has 37 heavy (non-hydrogen) atoms. The molecular weight excluding hydrogens is 487 g/mol. The molecule has 4 saturated carbocycles. The maximum atomic E-state index is 13.5. The Morgan fingerprint density at radius 1 is 0.838 bits per heavy atom. The first-order valence-electron chi connectivity index (χ1n) is 13.0. The molecule has 5 nitrogen and oxygen atoms in total. The van der Waals surface area contributed by atoms with E-state index in [1.165, 1.54) is 80.5 Å². The zero-order valence-electron chi connectivity index (χ0n) is 20.6. The zero-order chi connectivity index (χ0) is 25.6. The topological polar surface area (TPSA) is 66.5 Å². The van der Waals surface area contributed by atoms with E-state index >= 15 is 0 Å². The van der Waals surface area contributed by atoms with Crippen molar-refractivity contribution in [3.05, 3.63) is 90.2 Å². The van der Waals surface area contributed by atoms with E-state index < -0.39 is 28.3 Å². The first-order chi connectivity index (χ1) is 17.8. The summed E-state index contributed by atoms with van der Waals surface area (Å²) in [6, 6.07) is 21.2. The van der Waals surface area contributed by atoms with Crippen LogP contribution in [0.25, 0.3) is 0 Å². The van der Waals surface area contributed by atoms with Gasteiger partial charge >= 0.3 is 0 Å². The van der Waals surface area contributed by atoms with Gasteiger partial charge in [0.25, 0.3) is 10.0 Å². The first kappa shape index (κ1) is 24.2.